The molecule has 142 valence electrons. The summed E-state index contributed by atoms with van der Waals surface area (Å²) in [6, 6.07) is 0. The molecule has 4 radical (unpaired) electrons. The Kier molecular flexibility index (Phi) is 58.2. The molecule has 0 bridgehead atoms. The van der Waals surface area contributed by atoms with Crippen molar-refractivity contribution in [2.75, 3.05) is 37.0 Å². The van der Waals surface area contributed by atoms with Crippen molar-refractivity contribution in [3.05, 3.63) is 0 Å². The average molecular weight is 407 g/mol. The Morgan fingerprint density at radius 2 is 0.696 bits per heavy atom. The summed E-state index contributed by atoms with van der Waals surface area (Å²) in [5.74, 6) is 0. The maximum absolute atomic E-state index is 7.50. The standard InChI is InChI=1S/2C8H19P.2CO.Ni/c2*1-4-7-9(6-3)8-5-2;2*1-2;/h2*4-8H2,1-3H3;;;. The van der Waals surface area contributed by atoms with Crippen LogP contribution in [0.15, 0.2) is 0 Å². The van der Waals surface area contributed by atoms with E-state index in [1.807, 2.05) is 0 Å². The summed E-state index contributed by atoms with van der Waals surface area (Å²) in [6.07, 6.45) is 14.4. The third-order valence-electron chi connectivity index (χ3n) is 3.05. The Labute approximate surface area is 159 Å². The summed E-state index contributed by atoms with van der Waals surface area (Å²) < 4.78 is 0. The SMILES string of the molecule is CCCP(CC)CCC.CCCP(CC)CCC.[C]=O.[C]=O.[Ni]. The third-order valence-corrected chi connectivity index (χ3v) is 9.16. The molecule has 0 aromatic rings. The van der Waals surface area contributed by atoms with Gasteiger partial charge in [0.2, 0.25) is 0 Å². The zero-order chi connectivity index (χ0) is 18.2. The van der Waals surface area contributed by atoms with Crippen LogP contribution in [0.1, 0.15) is 67.2 Å². The topological polar surface area (TPSA) is 34.1 Å². The molecule has 0 saturated carbocycles. The van der Waals surface area contributed by atoms with Gasteiger partial charge in [-0.25, -0.2) is 0 Å². The Hall–Kier alpha value is 0.694. The van der Waals surface area contributed by atoms with Crippen LogP contribution in [0.2, 0.25) is 0 Å². The number of hydrogen-bond donors (Lipinski definition) is 0. The van der Waals surface area contributed by atoms with Crippen LogP contribution in [-0.4, -0.2) is 50.5 Å². The molecule has 23 heavy (non-hydrogen) atoms. The van der Waals surface area contributed by atoms with Gasteiger partial charge in [0.15, 0.2) is 0 Å². The van der Waals surface area contributed by atoms with E-state index in [9.17, 15) is 0 Å². The molecule has 0 rings (SSSR count). The van der Waals surface area contributed by atoms with Crippen molar-refractivity contribution in [1.29, 1.82) is 0 Å². The first-order chi connectivity index (χ1) is 10.7. The maximum atomic E-state index is 7.50. The molecule has 0 aromatic carbocycles. The van der Waals surface area contributed by atoms with Gasteiger partial charge in [0, 0.05) is 16.5 Å². The predicted octanol–water partition coefficient (Wildman–Crippen LogP) is 5.82. The van der Waals surface area contributed by atoms with Gasteiger partial charge in [-0.3, -0.25) is 9.59 Å². The van der Waals surface area contributed by atoms with Gasteiger partial charge in [-0.15, -0.1) is 15.8 Å². The molecule has 0 aliphatic heterocycles. The van der Waals surface area contributed by atoms with E-state index in [-0.39, 0.29) is 16.5 Å². The minimum atomic E-state index is 0. The van der Waals surface area contributed by atoms with Gasteiger partial charge in [0.25, 0.3) is 13.6 Å². The zero-order valence-corrected chi connectivity index (χ0v) is 18.9. The second-order valence-electron chi connectivity index (χ2n) is 4.87. The van der Waals surface area contributed by atoms with Crippen LogP contribution in [0.5, 0.6) is 0 Å². The molecule has 0 heterocycles. The minimum Gasteiger partial charge on any atom is -0.281 e. The summed E-state index contributed by atoms with van der Waals surface area (Å²) in [6.45, 7) is 22.8. The molecule has 0 atom stereocenters. The van der Waals surface area contributed by atoms with Gasteiger partial charge in [-0.2, -0.15) is 0 Å². The zero-order valence-electron chi connectivity index (χ0n) is 16.1. The molecule has 5 heteroatoms. The van der Waals surface area contributed by atoms with Crippen molar-refractivity contribution in [3.63, 3.8) is 0 Å². The van der Waals surface area contributed by atoms with E-state index in [1.165, 1.54) is 62.7 Å². The Balaban J connectivity index is -0.0000000743. The van der Waals surface area contributed by atoms with Crippen molar-refractivity contribution in [3.8, 4) is 0 Å². The van der Waals surface area contributed by atoms with Gasteiger partial charge in [0.1, 0.15) is 0 Å². The summed E-state index contributed by atoms with van der Waals surface area (Å²) >= 11 is 0. The fourth-order valence-corrected chi connectivity index (χ4v) is 6.36. The first-order valence-corrected chi connectivity index (χ1v) is 12.3. The van der Waals surface area contributed by atoms with E-state index in [1.54, 1.807) is 0 Å². The second kappa shape index (κ2) is 38.3. The molecule has 0 aromatic heterocycles. The van der Waals surface area contributed by atoms with Crippen LogP contribution >= 0.6 is 15.8 Å². The monoisotopic (exact) mass is 406 g/mol. The summed E-state index contributed by atoms with van der Waals surface area (Å²) in [4.78, 5) is 15.0. The average Bonchev–Trinajstić information content (AvgIpc) is 2.58. The van der Waals surface area contributed by atoms with Gasteiger partial charge < -0.3 is 0 Å². The van der Waals surface area contributed by atoms with Gasteiger partial charge in [-0.05, 0) is 37.0 Å². The van der Waals surface area contributed by atoms with E-state index in [2.05, 4.69) is 55.1 Å². The fraction of sp³-hybridized carbons (Fsp3) is 0.889. The molecule has 0 fully saturated rings. The van der Waals surface area contributed by atoms with E-state index in [4.69, 9.17) is 9.59 Å². The van der Waals surface area contributed by atoms with Crippen LogP contribution in [-0.2, 0) is 26.1 Å². The minimum absolute atomic E-state index is 0. The molecule has 0 aliphatic rings. The van der Waals surface area contributed by atoms with Gasteiger partial charge >= 0.3 is 0 Å². The van der Waals surface area contributed by atoms with Crippen LogP contribution in [0.25, 0.3) is 0 Å². The molecular weight excluding hydrogens is 369 g/mol. The van der Waals surface area contributed by atoms with E-state index in [0.717, 1.165) is 0 Å². The quantitative estimate of drug-likeness (QED) is 0.338. The van der Waals surface area contributed by atoms with Crippen LogP contribution in [0.3, 0.4) is 0 Å². The van der Waals surface area contributed by atoms with E-state index < -0.39 is 0 Å². The molecule has 0 unspecified atom stereocenters. The van der Waals surface area contributed by atoms with Crippen molar-refractivity contribution < 1.29 is 26.1 Å². The predicted molar refractivity (Wildman–Crippen MR) is 107 cm³/mol. The van der Waals surface area contributed by atoms with Crippen LogP contribution in [0.4, 0.5) is 0 Å². The maximum Gasteiger partial charge on any atom is 0.281 e. The first-order valence-electron chi connectivity index (χ1n) is 8.55. The molecule has 0 aliphatic carbocycles. The number of hydrogen-bond acceptors (Lipinski definition) is 2. The third kappa shape index (κ3) is 34.9. The van der Waals surface area contributed by atoms with Crippen molar-refractivity contribution >= 4 is 29.4 Å². The Bertz CT molecular complexity index is 145. The van der Waals surface area contributed by atoms with Gasteiger partial charge in [0.05, 0.1) is 0 Å². The van der Waals surface area contributed by atoms with E-state index in [0.29, 0.717) is 15.8 Å². The first kappa shape index (κ1) is 34.9. The van der Waals surface area contributed by atoms with Gasteiger partial charge in [-0.1, -0.05) is 67.2 Å². The van der Waals surface area contributed by atoms with Crippen LogP contribution < -0.4 is 0 Å². The van der Waals surface area contributed by atoms with E-state index >= 15 is 0 Å². The summed E-state index contributed by atoms with van der Waals surface area (Å²) in [5, 5.41) is 0. The van der Waals surface area contributed by atoms with Crippen molar-refractivity contribution in [2.45, 2.75) is 67.2 Å². The molecule has 2 nitrogen and oxygen atoms in total. The molecule has 0 saturated heterocycles. The Morgan fingerprint density at radius 1 is 0.522 bits per heavy atom. The Morgan fingerprint density at radius 3 is 0.783 bits per heavy atom. The molecule has 0 N–H and O–H groups in total. The van der Waals surface area contributed by atoms with Crippen molar-refractivity contribution in [2.24, 2.45) is 0 Å². The molecule has 0 spiro atoms. The summed E-state index contributed by atoms with van der Waals surface area (Å²) in [5.41, 5.74) is 0. The second-order valence-corrected chi connectivity index (χ2v) is 10.6. The smallest absolute Gasteiger partial charge is 0.281 e. The van der Waals surface area contributed by atoms with Crippen molar-refractivity contribution in [1.82, 2.24) is 0 Å². The molecule has 0 amide bonds. The van der Waals surface area contributed by atoms with Crippen LogP contribution in [0, 0.1) is 0 Å². The normalized spacial score (nSPS) is 8.70. The fourth-order valence-electron chi connectivity index (χ4n) is 2.12. The largest absolute Gasteiger partial charge is 0.281 e. The number of rotatable bonds is 10. The number of carbonyl (C=O) groups excluding carboxylic acids is 2. The molecular formula is C18H38NiO2P2. The summed E-state index contributed by atoms with van der Waals surface area (Å²) in [7, 11) is 0.883.